The first-order chi connectivity index (χ1) is 18.6. The van der Waals surface area contributed by atoms with Gasteiger partial charge in [-0.2, -0.15) is 0 Å². The average molecular weight is 538 g/mol. The van der Waals surface area contributed by atoms with Crippen LogP contribution in [0.1, 0.15) is 106 Å². The Morgan fingerprint density at radius 1 is 1.08 bits per heavy atom. The molecular formula is C28H39N7O4. The quantitative estimate of drug-likeness (QED) is 0.449. The van der Waals surface area contributed by atoms with Gasteiger partial charge < -0.3 is 24.4 Å². The first-order valence-electron chi connectivity index (χ1n) is 13.9. The number of aliphatic hydroxyl groups is 1. The number of carboxylic acid groups (broad SMARTS) is 1. The molecular weight excluding hydrogens is 498 g/mol. The topological polar surface area (TPSA) is 131 Å². The van der Waals surface area contributed by atoms with Crippen LogP contribution in [0.2, 0.25) is 0 Å². The largest absolute Gasteiger partial charge is 0.483 e. The Hall–Kier alpha value is -3.47. The molecule has 2 aliphatic rings. The molecule has 11 nitrogen and oxygen atoms in total. The standard InChI is InChI=1S/C28H39N7O4/c1-18(2)21-6-5-7-23(16-21)39-19(3)25-30-31-26(33(25)4)20-8-10-22(11-9-20)35-17-24(29-32-35)28(38)12-14-34(15-13-28)27(36)37/h5-7,16-20,22,38H,8-15H2,1-4H3,(H,36,37)/t19?,20-,22-. The molecule has 0 spiro atoms. The van der Waals surface area contributed by atoms with Crippen LogP contribution in [0.15, 0.2) is 30.5 Å². The smallest absolute Gasteiger partial charge is 0.407 e. The van der Waals surface area contributed by atoms with Gasteiger partial charge in [0.05, 0.1) is 12.2 Å². The summed E-state index contributed by atoms with van der Waals surface area (Å²) in [5.74, 6) is 3.37. The Balaban J connectivity index is 1.19. The van der Waals surface area contributed by atoms with Crippen LogP contribution < -0.4 is 4.74 Å². The van der Waals surface area contributed by atoms with E-state index >= 15 is 0 Å². The van der Waals surface area contributed by atoms with E-state index in [1.807, 2.05) is 37.0 Å². The number of rotatable bonds is 7. The molecule has 1 atom stereocenters. The maximum atomic E-state index is 11.2. The second-order valence-electron chi connectivity index (χ2n) is 11.4. The van der Waals surface area contributed by atoms with Gasteiger partial charge >= 0.3 is 6.09 Å². The molecule has 1 aliphatic carbocycles. The minimum atomic E-state index is -1.13. The van der Waals surface area contributed by atoms with Gasteiger partial charge in [-0.25, -0.2) is 9.48 Å². The molecule has 2 aromatic heterocycles. The van der Waals surface area contributed by atoms with Crippen molar-refractivity contribution in [2.75, 3.05) is 13.1 Å². The number of hydrogen-bond donors (Lipinski definition) is 2. The minimum absolute atomic E-state index is 0.202. The van der Waals surface area contributed by atoms with E-state index in [4.69, 9.17) is 4.74 Å². The molecule has 2 N–H and O–H groups in total. The maximum Gasteiger partial charge on any atom is 0.407 e. The number of aromatic nitrogens is 6. The van der Waals surface area contributed by atoms with Gasteiger partial charge in [-0.05, 0) is 69.1 Å². The highest BCUT2D eigenvalue weighted by Crippen LogP contribution is 2.39. The molecule has 1 aliphatic heterocycles. The Labute approximate surface area is 228 Å². The van der Waals surface area contributed by atoms with Crippen LogP contribution in [0, 0.1) is 0 Å². The van der Waals surface area contributed by atoms with Crippen molar-refractivity contribution in [3.05, 3.63) is 53.4 Å². The van der Waals surface area contributed by atoms with Crippen molar-refractivity contribution in [3.63, 3.8) is 0 Å². The molecule has 1 unspecified atom stereocenters. The van der Waals surface area contributed by atoms with E-state index in [2.05, 4.69) is 51.1 Å². The van der Waals surface area contributed by atoms with Crippen molar-refractivity contribution in [1.82, 2.24) is 34.7 Å². The van der Waals surface area contributed by atoms with Gasteiger partial charge in [-0.3, -0.25) is 0 Å². The van der Waals surface area contributed by atoms with E-state index in [1.165, 1.54) is 10.5 Å². The van der Waals surface area contributed by atoms with Crippen molar-refractivity contribution in [1.29, 1.82) is 0 Å². The summed E-state index contributed by atoms with van der Waals surface area (Å²) >= 11 is 0. The van der Waals surface area contributed by atoms with Crippen LogP contribution in [-0.4, -0.2) is 64.1 Å². The van der Waals surface area contributed by atoms with E-state index in [9.17, 15) is 15.0 Å². The second-order valence-corrected chi connectivity index (χ2v) is 11.4. The maximum absolute atomic E-state index is 11.2. The van der Waals surface area contributed by atoms with Crippen molar-refractivity contribution in [2.24, 2.45) is 7.05 Å². The molecule has 3 heterocycles. The van der Waals surface area contributed by atoms with E-state index in [1.54, 1.807) is 0 Å². The normalized spacial score (nSPS) is 22.2. The zero-order valence-corrected chi connectivity index (χ0v) is 23.2. The summed E-state index contributed by atoms with van der Waals surface area (Å²) < 4.78 is 10.2. The zero-order chi connectivity index (χ0) is 27.7. The Morgan fingerprint density at radius 2 is 1.79 bits per heavy atom. The summed E-state index contributed by atoms with van der Waals surface area (Å²) in [5.41, 5.74) is 0.638. The number of hydrogen-bond acceptors (Lipinski definition) is 7. The Morgan fingerprint density at radius 3 is 2.46 bits per heavy atom. The van der Waals surface area contributed by atoms with E-state index in [0.717, 1.165) is 43.1 Å². The highest BCUT2D eigenvalue weighted by Gasteiger charge is 2.38. The monoisotopic (exact) mass is 537 g/mol. The number of nitrogens with zero attached hydrogens (tertiary/aromatic N) is 7. The lowest BCUT2D eigenvalue weighted by atomic mass is 9.85. The number of piperidine rings is 1. The van der Waals surface area contributed by atoms with Crippen LogP contribution in [0.5, 0.6) is 5.75 Å². The van der Waals surface area contributed by atoms with Crippen molar-refractivity contribution in [3.8, 4) is 5.75 Å². The molecule has 0 bridgehead atoms. The van der Waals surface area contributed by atoms with Gasteiger partial charge in [0, 0.05) is 26.1 Å². The summed E-state index contributed by atoms with van der Waals surface area (Å²) in [7, 11) is 2.02. The highest BCUT2D eigenvalue weighted by atomic mass is 16.5. The van der Waals surface area contributed by atoms with Crippen LogP contribution in [-0.2, 0) is 12.6 Å². The molecule has 0 radical (unpaired) electrons. The SMILES string of the molecule is CC(C)c1cccc(OC(C)c2nnc([C@H]3CC[C@H](n4cc(C5(O)CCN(C(=O)O)CC5)nn4)CC3)n2C)c1. The van der Waals surface area contributed by atoms with Crippen molar-refractivity contribution in [2.45, 2.75) is 88.9 Å². The third-order valence-corrected chi connectivity index (χ3v) is 8.43. The fourth-order valence-corrected chi connectivity index (χ4v) is 5.86. The molecule has 210 valence electrons. The third kappa shape index (κ3) is 5.63. The first-order valence-corrected chi connectivity index (χ1v) is 13.9. The van der Waals surface area contributed by atoms with Crippen molar-refractivity contribution < 1.29 is 19.7 Å². The molecule has 39 heavy (non-hydrogen) atoms. The Kier molecular flexibility index (Phi) is 7.61. The predicted molar refractivity (Wildman–Crippen MR) is 144 cm³/mol. The van der Waals surface area contributed by atoms with Gasteiger partial charge in [0.25, 0.3) is 0 Å². The predicted octanol–water partition coefficient (Wildman–Crippen LogP) is 4.53. The summed E-state index contributed by atoms with van der Waals surface area (Å²) in [4.78, 5) is 12.5. The number of ether oxygens (including phenoxy) is 1. The average Bonchev–Trinajstić information content (AvgIpc) is 3.57. The van der Waals surface area contributed by atoms with E-state index in [0.29, 0.717) is 30.4 Å². The third-order valence-electron chi connectivity index (χ3n) is 8.43. The van der Waals surface area contributed by atoms with E-state index in [-0.39, 0.29) is 25.2 Å². The van der Waals surface area contributed by atoms with Gasteiger partial charge in [-0.15, -0.1) is 15.3 Å². The van der Waals surface area contributed by atoms with Gasteiger partial charge in [-0.1, -0.05) is 31.2 Å². The second kappa shape index (κ2) is 11.0. The summed E-state index contributed by atoms with van der Waals surface area (Å²) in [5, 5.41) is 37.9. The number of amides is 1. The highest BCUT2D eigenvalue weighted by molar-refractivity contribution is 5.65. The van der Waals surface area contributed by atoms with Gasteiger partial charge in [0.2, 0.25) is 0 Å². The molecule has 5 rings (SSSR count). The van der Waals surface area contributed by atoms with Crippen LogP contribution in [0.3, 0.4) is 0 Å². The molecule has 1 saturated heterocycles. The van der Waals surface area contributed by atoms with E-state index < -0.39 is 11.7 Å². The zero-order valence-electron chi connectivity index (χ0n) is 23.2. The summed E-state index contributed by atoms with van der Waals surface area (Å²) in [6.45, 7) is 6.93. The first kappa shape index (κ1) is 27.1. The lowest BCUT2D eigenvalue weighted by Gasteiger charge is -2.35. The fourth-order valence-electron chi connectivity index (χ4n) is 5.86. The van der Waals surface area contributed by atoms with Crippen LogP contribution >= 0.6 is 0 Å². The summed E-state index contributed by atoms with van der Waals surface area (Å²) in [6.07, 6.45) is 5.07. The molecule has 1 saturated carbocycles. The molecule has 3 aromatic rings. The van der Waals surface area contributed by atoms with Crippen LogP contribution in [0.25, 0.3) is 0 Å². The number of likely N-dealkylation sites (tertiary alicyclic amines) is 1. The number of benzene rings is 1. The molecule has 1 amide bonds. The lowest BCUT2D eigenvalue weighted by molar-refractivity contribution is -0.0248. The number of carbonyl (C=O) groups is 1. The molecule has 2 fully saturated rings. The lowest BCUT2D eigenvalue weighted by Crippen LogP contribution is -2.44. The van der Waals surface area contributed by atoms with Gasteiger partial charge in [0.1, 0.15) is 22.9 Å². The minimum Gasteiger partial charge on any atom is -0.483 e. The molecule has 1 aromatic carbocycles. The molecule has 11 heteroatoms. The van der Waals surface area contributed by atoms with Crippen LogP contribution in [0.4, 0.5) is 4.79 Å². The Bertz CT molecular complexity index is 1290. The van der Waals surface area contributed by atoms with Gasteiger partial charge in [0.15, 0.2) is 11.9 Å². The fraction of sp³-hybridized carbons (Fsp3) is 0.607. The summed E-state index contributed by atoms with van der Waals surface area (Å²) in [6, 6.07) is 8.42. The van der Waals surface area contributed by atoms with Crippen molar-refractivity contribution >= 4 is 6.09 Å².